The molecule has 9 heteroatoms. The van der Waals surface area contributed by atoms with Gasteiger partial charge in [-0.3, -0.25) is 4.98 Å². The summed E-state index contributed by atoms with van der Waals surface area (Å²) in [5.41, 5.74) is 5.26. The number of likely N-dealkylation sites (N-methyl/N-ethyl adjacent to an activating group) is 1. The van der Waals surface area contributed by atoms with Crippen molar-refractivity contribution in [1.29, 1.82) is 0 Å². The van der Waals surface area contributed by atoms with E-state index in [2.05, 4.69) is 49.2 Å². The molecular formula is C26H33N7O2. The molecule has 3 aliphatic rings. The first kappa shape index (κ1) is 22.4. The van der Waals surface area contributed by atoms with Gasteiger partial charge in [0, 0.05) is 62.6 Å². The van der Waals surface area contributed by atoms with E-state index < -0.39 is 0 Å². The predicted molar refractivity (Wildman–Crippen MR) is 135 cm³/mol. The van der Waals surface area contributed by atoms with E-state index in [1.807, 2.05) is 6.20 Å². The van der Waals surface area contributed by atoms with Crippen LogP contribution < -0.4 is 15.0 Å². The lowest BCUT2D eigenvalue weighted by Crippen LogP contribution is -2.36. The van der Waals surface area contributed by atoms with Crippen molar-refractivity contribution in [3.8, 4) is 5.75 Å². The number of aromatic nitrogens is 4. The second-order valence-electron chi connectivity index (χ2n) is 9.86. The second-order valence-corrected chi connectivity index (χ2v) is 9.86. The van der Waals surface area contributed by atoms with Crippen LogP contribution in [-0.2, 0) is 17.7 Å². The standard InChI is InChI=1S/C26H33N7O2/c1-32-9-6-18-16-29-26(31-23(18)17-32)30-19-2-4-21(5-3-19)35-24-15-20(33-10-12-34-13-11-33)14-22-25(24)28-8-7-27-22/h7-8,14-16,19,21H,2-6,9-13,17H2,1H3,(H,29,30,31)/t19-,21+. The average Bonchev–Trinajstić information content (AvgIpc) is 2.90. The van der Waals surface area contributed by atoms with Gasteiger partial charge in [-0.1, -0.05) is 0 Å². The molecule has 0 bridgehead atoms. The zero-order valence-corrected chi connectivity index (χ0v) is 20.3. The Balaban J connectivity index is 1.11. The van der Waals surface area contributed by atoms with E-state index in [0.29, 0.717) is 6.04 Å². The zero-order chi connectivity index (χ0) is 23.6. The summed E-state index contributed by atoms with van der Waals surface area (Å²) in [6.07, 6.45) is 10.7. The quantitative estimate of drug-likeness (QED) is 0.598. The Morgan fingerprint density at radius 2 is 1.83 bits per heavy atom. The highest BCUT2D eigenvalue weighted by Gasteiger charge is 2.25. The molecule has 2 fully saturated rings. The van der Waals surface area contributed by atoms with E-state index in [9.17, 15) is 0 Å². The molecule has 0 amide bonds. The number of morpholine rings is 1. The van der Waals surface area contributed by atoms with Crippen LogP contribution in [0.25, 0.3) is 11.0 Å². The third kappa shape index (κ3) is 5.01. The first-order valence-electron chi connectivity index (χ1n) is 12.8. The van der Waals surface area contributed by atoms with E-state index in [1.54, 1.807) is 12.4 Å². The summed E-state index contributed by atoms with van der Waals surface area (Å²) in [5, 5.41) is 3.57. The smallest absolute Gasteiger partial charge is 0.223 e. The Morgan fingerprint density at radius 1 is 1.00 bits per heavy atom. The number of hydrogen-bond acceptors (Lipinski definition) is 9. The molecule has 1 aliphatic carbocycles. The van der Waals surface area contributed by atoms with Crippen molar-refractivity contribution in [2.24, 2.45) is 0 Å². The lowest BCUT2D eigenvalue weighted by Gasteiger charge is -2.31. The van der Waals surface area contributed by atoms with Crippen LogP contribution in [0, 0.1) is 0 Å². The SMILES string of the molecule is CN1CCc2cnc(N[C@H]3CC[C@@H](Oc4cc(N5CCOCC5)cc5nccnc45)CC3)nc2C1. The van der Waals surface area contributed by atoms with Crippen molar-refractivity contribution in [2.75, 3.05) is 50.1 Å². The summed E-state index contributed by atoms with van der Waals surface area (Å²) >= 11 is 0. The summed E-state index contributed by atoms with van der Waals surface area (Å²) in [6.45, 7) is 5.22. The number of hydrogen-bond donors (Lipinski definition) is 1. The van der Waals surface area contributed by atoms with E-state index in [-0.39, 0.29) is 6.10 Å². The summed E-state index contributed by atoms with van der Waals surface area (Å²) in [5.74, 6) is 1.58. The first-order valence-corrected chi connectivity index (χ1v) is 12.8. The van der Waals surface area contributed by atoms with Crippen LogP contribution in [-0.4, -0.2) is 76.9 Å². The minimum absolute atomic E-state index is 0.163. The Bertz CT molecular complexity index is 1180. The molecule has 1 saturated carbocycles. The number of anilines is 2. The van der Waals surface area contributed by atoms with Gasteiger partial charge < -0.3 is 24.6 Å². The summed E-state index contributed by atoms with van der Waals surface area (Å²) in [6, 6.07) is 4.60. The molecule has 1 aromatic carbocycles. The van der Waals surface area contributed by atoms with Gasteiger partial charge >= 0.3 is 0 Å². The fourth-order valence-corrected chi connectivity index (χ4v) is 5.31. The molecule has 0 radical (unpaired) electrons. The third-order valence-electron chi connectivity index (χ3n) is 7.34. The second kappa shape index (κ2) is 9.91. The van der Waals surface area contributed by atoms with Gasteiger partial charge in [-0.05, 0) is 50.8 Å². The van der Waals surface area contributed by atoms with Crippen LogP contribution in [0.1, 0.15) is 36.9 Å². The van der Waals surface area contributed by atoms with E-state index >= 15 is 0 Å². The molecule has 2 aromatic heterocycles. The summed E-state index contributed by atoms with van der Waals surface area (Å²) in [4.78, 5) is 23.2. The van der Waals surface area contributed by atoms with Crippen LogP contribution in [0.2, 0.25) is 0 Å². The molecule has 0 unspecified atom stereocenters. The van der Waals surface area contributed by atoms with Crippen molar-refractivity contribution in [3.63, 3.8) is 0 Å². The largest absolute Gasteiger partial charge is 0.488 e. The highest BCUT2D eigenvalue weighted by Crippen LogP contribution is 2.33. The van der Waals surface area contributed by atoms with Gasteiger partial charge in [-0.15, -0.1) is 0 Å². The van der Waals surface area contributed by atoms with Gasteiger partial charge in [-0.2, -0.15) is 0 Å². The van der Waals surface area contributed by atoms with Crippen molar-refractivity contribution in [1.82, 2.24) is 24.8 Å². The highest BCUT2D eigenvalue weighted by molar-refractivity contribution is 5.85. The number of rotatable bonds is 5. The van der Waals surface area contributed by atoms with Crippen LogP contribution in [0.5, 0.6) is 5.75 Å². The van der Waals surface area contributed by atoms with Crippen molar-refractivity contribution < 1.29 is 9.47 Å². The maximum absolute atomic E-state index is 6.56. The molecule has 1 saturated heterocycles. The molecule has 2 aliphatic heterocycles. The van der Waals surface area contributed by atoms with Crippen LogP contribution in [0.3, 0.4) is 0 Å². The Kier molecular flexibility index (Phi) is 6.35. The Labute approximate surface area is 205 Å². The maximum atomic E-state index is 6.56. The number of ether oxygens (including phenoxy) is 2. The van der Waals surface area contributed by atoms with Gasteiger partial charge in [0.25, 0.3) is 0 Å². The summed E-state index contributed by atoms with van der Waals surface area (Å²) in [7, 11) is 2.14. The highest BCUT2D eigenvalue weighted by atomic mass is 16.5. The van der Waals surface area contributed by atoms with Gasteiger partial charge in [-0.25, -0.2) is 15.0 Å². The van der Waals surface area contributed by atoms with Crippen LogP contribution in [0.4, 0.5) is 11.6 Å². The lowest BCUT2D eigenvalue weighted by molar-refractivity contribution is 0.122. The molecule has 3 aromatic rings. The molecular weight excluding hydrogens is 442 g/mol. The molecule has 0 spiro atoms. The van der Waals surface area contributed by atoms with Crippen molar-refractivity contribution in [2.45, 2.75) is 50.8 Å². The minimum Gasteiger partial charge on any atom is -0.488 e. The number of nitrogens with one attached hydrogen (secondary N) is 1. The molecule has 4 heterocycles. The number of fused-ring (bicyclic) bond motifs is 2. The molecule has 9 nitrogen and oxygen atoms in total. The Morgan fingerprint density at radius 3 is 2.69 bits per heavy atom. The van der Waals surface area contributed by atoms with Gasteiger partial charge in [0.15, 0.2) is 0 Å². The van der Waals surface area contributed by atoms with Gasteiger partial charge in [0.05, 0.1) is 30.5 Å². The van der Waals surface area contributed by atoms with E-state index in [1.165, 1.54) is 5.56 Å². The molecule has 35 heavy (non-hydrogen) atoms. The van der Waals surface area contributed by atoms with Crippen molar-refractivity contribution in [3.05, 3.63) is 42.0 Å². The molecule has 0 atom stereocenters. The predicted octanol–water partition coefficient (Wildman–Crippen LogP) is 3.05. The van der Waals surface area contributed by atoms with Crippen LogP contribution in [0.15, 0.2) is 30.7 Å². The normalized spacial score (nSPS) is 23.2. The van der Waals surface area contributed by atoms with Crippen molar-refractivity contribution >= 4 is 22.7 Å². The topological polar surface area (TPSA) is 88.5 Å². The van der Waals surface area contributed by atoms with Gasteiger partial charge in [0.2, 0.25) is 5.95 Å². The molecule has 6 rings (SSSR count). The van der Waals surface area contributed by atoms with E-state index in [4.69, 9.17) is 14.5 Å². The third-order valence-corrected chi connectivity index (χ3v) is 7.34. The number of benzene rings is 1. The monoisotopic (exact) mass is 475 g/mol. The molecule has 1 N–H and O–H groups in total. The Hall–Kier alpha value is -3.04. The number of nitrogens with zero attached hydrogens (tertiary/aromatic N) is 6. The summed E-state index contributed by atoms with van der Waals surface area (Å²) < 4.78 is 12.1. The van der Waals surface area contributed by atoms with Crippen LogP contribution >= 0.6 is 0 Å². The van der Waals surface area contributed by atoms with Gasteiger partial charge in [0.1, 0.15) is 11.3 Å². The van der Waals surface area contributed by atoms with E-state index in [0.717, 1.165) is 106 Å². The average molecular weight is 476 g/mol. The fourth-order valence-electron chi connectivity index (χ4n) is 5.31. The maximum Gasteiger partial charge on any atom is 0.223 e. The zero-order valence-electron chi connectivity index (χ0n) is 20.3. The first-order chi connectivity index (χ1) is 17.2. The minimum atomic E-state index is 0.163. The molecule has 184 valence electrons. The lowest BCUT2D eigenvalue weighted by atomic mass is 9.93. The fraction of sp³-hybridized carbons (Fsp3) is 0.538.